The number of hydrogen-bond acceptors (Lipinski definition) is 5. The summed E-state index contributed by atoms with van der Waals surface area (Å²) in [5.41, 5.74) is 5.77. The van der Waals surface area contributed by atoms with E-state index >= 15 is 0 Å². The van der Waals surface area contributed by atoms with E-state index in [0.29, 0.717) is 25.8 Å². The third-order valence-electron chi connectivity index (χ3n) is 6.16. The van der Waals surface area contributed by atoms with Crippen LogP contribution in [-0.2, 0) is 19.2 Å². The minimum absolute atomic E-state index is 0.0531. The first kappa shape index (κ1) is 27.8. The highest BCUT2D eigenvalue weighted by Crippen LogP contribution is 2.33. The number of amides is 3. The van der Waals surface area contributed by atoms with Crippen molar-refractivity contribution in [2.45, 2.75) is 85.4 Å². The van der Waals surface area contributed by atoms with Crippen molar-refractivity contribution in [3.63, 3.8) is 0 Å². The lowest BCUT2D eigenvalue weighted by Crippen LogP contribution is -2.58. The van der Waals surface area contributed by atoms with E-state index in [1.54, 1.807) is 4.90 Å². The summed E-state index contributed by atoms with van der Waals surface area (Å²) < 4.78 is 0. The van der Waals surface area contributed by atoms with Crippen LogP contribution in [0.25, 0.3) is 0 Å². The first-order valence-electron chi connectivity index (χ1n) is 11.7. The Morgan fingerprint density at radius 3 is 2.34 bits per heavy atom. The Hall–Kier alpha value is -2.22. The molecule has 1 fully saturated rings. The maximum absolute atomic E-state index is 13.4. The molecule has 0 aromatic rings. The van der Waals surface area contributed by atoms with E-state index in [9.17, 15) is 19.2 Å². The average molecular weight is 451 g/mol. The fourth-order valence-corrected chi connectivity index (χ4v) is 3.99. The van der Waals surface area contributed by atoms with Crippen LogP contribution in [0.4, 0.5) is 0 Å². The Morgan fingerprint density at radius 1 is 1.22 bits per heavy atom. The van der Waals surface area contributed by atoms with Gasteiger partial charge >= 0.3 is 0 Å². The van der Waals surface area contributed by atoms with Crippen molar-refractivity contribution in [1.29, 1.82) is 0 Å². The molecule has 1 rings (SSSR count). The summed E-state index contributed by atoms with van der Waals surface area (Å²) in [6.07, 6.45) is 4.03. The standard InChI is InChI=1S/C24H42N4O4/c1-8-10-11-17(19(29)22(31)26-13-9-2)27-21(30)18-16(15(3)4)12-14-28(18)23(32)20(25)24(5,6)7/h9,15-18,20H,2,8,10-14,25H2,1,3-7H3,(H,26,31)(H,27,30)/t16-,17?,18+,20-/m1/s1. The monoisotopic (exact) mass is 450 g/mol. The van der Waals surface area contributed by atoms with Gasteiger partial charge in [-0.3, -0.25) is 19.2 Å². The van der Waals surface area contributed by atoms with Gasteiger partial charge in [0, 0.05) is 13.1 Å². The molecule has 0 aliphatic carbocycles. The maximum Gasteiger partial charge on any atom is 0.289 e. The van der Waals surface area contributed by atoms with E-state index in [4.69, 9.17) is 5.73 Å². The molecule has 1 aliphatic heterocycles. The van der Waals surface area contributed by atoms with Crippen LogP contribution in [0.2, 0.25) is 0 Å². The molecule has 4 atom stereocenters. The fraction of sp³-hybridized carbons (Fsp3) is 0.750. The van der Waals surface area contributed by atoms with E-state index in [-0.39, 0.29) is 24.3 Å². The van der Waals surface area contributed by atoms with Crippen LogP contribution in [0.15, 0.2) is 12.7 Å². The maximum atomic E-state index is 13.4. The number of nitrogens with zero attached hydrogens (tertiary/aromatic N) is 1. The molecule has 0 bridgehead atoms. The third kappa shape index (κ3) is 7.15. The molecular formula is C24H42N4O4. The van der Waals surface area contributed by atoms with Gasteiger partial charge in [0.2, 0.25) is 17.6 Å². The second kappa shape index (κ2) is 12.1. The molecule has 32 heavy (non-hydrogen) atoms. The van der Waals surface area contributed by atoms with E-state index in [1.807, 2.05) is 41.5 Å². The van der Waals surface area contributed by atoms with E-state index in [1.165, 1.54) is 6.08 Å². The van der Waals surface area contributed by atoms with Gasteiger partial charge in [-0.15, -0.1) is 6.58 Å². The molecule has 1 heterocycles. The van der Waals surface area contributed by atoms with Crippen molar-refractivity contribution in [2.24, 2.45) is 23.0 Å². The van der Waals surface area contributed by atoms with Gasteiger partial charge in [0.25, 0.3) is 5.91 Å². The summed E-state index contributed by atoms with van der Waals surface area (Å²) >= 11 is 0. The van der Waals surface area contributed by atoms with Crippen LogP contribution in [-0.4, -0.2) is 59.6 Å². The van der Waals surface area contributed by atoms with Crippen molar-refractivity contribution in [3.05, 3.63) is 12.7 Å². The molecule has 0 saturated carbocycles. The molecule has 0 aromatic carbocycles. The lowest BCUT2D eigenvalue weighted by Gasteiger charge is -2.35. The molecule has 182 valence electrons. The normalized spacial score (nSPS) is 20.6. The number of unbranched alkanes of at least 4 members (excludes halogenated alkanes) is 1. The topological polar surface area (TPSA) is 122 Å². The van der Waals surface area contributed by atoms with Crippen LogP contribution < -0.4 is 16.4 Å². The van der Waals surface area contributed by atoms with Gasteiger partial charge in [-0.1, -0.05) is 60.5 Å². The average Bonchev–Trinajstić information content (AvgIpc) is 3.18. The lowest BCUT2D eigenvalue weighted by molar-refractivity contribution is -0.144. The predicted octanol–water partition coefficient (Wildman–Crippen LogP) is 1.78. The zero-order valence-corrected chi connectivity index (χ0v) is 20.6. The van der Waals surface area contributed by atoms with Crippen LogP contribution >= 0.6 is 0 Å². The predicted molar refractivity (Wildman–Crippen MR) is 126 cm³/mol. The Balaban J connectivity index is 3.13. The zero-order valence-electron chi connectivity index (χ0n) is 20.6. The zero-order chi connectivity index (χ0) is 24.6. The Bertz CT molecular complexity index is 699. The van der Waals surface area contributed by atoms with Gasteiger partial charge in [0.1, 0.15) is 6.04 Å². The molecule has 0 aromatic heterocycles. The van der Waals surface area contributed by atoms with Gasteiger partial charge in [-0.25, -0.2) is 0 Å². The number of rotatable bonds is 11. The highest BCUT2D eigenvalue weighted by atomic mass is 16.2. The first-order valence-corrected chi connectivity index (χ1v) is 11.7. The largest absolute Gasteiger partial charge is 0.346 e. The van der Waals surface area contributed by atoms with E-state index < -0.39 is 41.1 Å². The molecule has 1 unspecified atom stereocenters. The molecule has 1 aliphatic rings. The van der Waals surface area contributed by atoms with Crippen molar-refractivity contribution >= 4 is 23.5 Å². The highest BCUT2D eigenvalue weighted by molar-refractivity contribution is 6.38. The number of nitrogens with two attached hydrogens (primary N) is 1. The number of carbonyl (C=O) groups excluding carboxylic acids is 4. The molecule has 0 spiro atoms. The molecule has 0 radical (unpaired) electrons. The summed E-state index contributed by atoms with van der Waals surface area (Å²) in [4.78, 5) is 53.1. The number of nitrogens with one attached hydrogen (secondary N) is 2. The second-order valence-corrected chi connectivity index (χ2v) is 10.1. The van der Waals surface area contributed by atoms with Gasteiger partial charge in [0.15, 0.2) is 0 Å². The Kier molecular flexibility index (Phi) is 10.5. The van der Waals surface area contributed by atoms with Crippen molar-refractivity contribution in [2.75, 3.05) is 13.1 Å². The number of Topliss-reactive ketones (excluding diaryl/α,β-unsaturated/α-hetero) is 1. The van der Waals surface area contributed by atoms with Gasteiger partial charge in [-0.05, 0) is 30.1 Å². The van der Waals surface area contributed by atoms with Crippen LogP contribution in [0.5, 0.6) is 0 Å². The van der Waals surface area contributed by atoms with Gasteiger partial charge in [-0.2, -0.15) is 0 Å². The molecule has 8 heteroatoms. The second-order valence-electron chi connectivity index (χ2n) is 10.1. The molecule has 4 N–H and O–H groups in total. The van der Waals surface area contributed by atoms with Gasteiger partial charge < -0.3 is 21.3 Å². The van der Waals surface area contributed by atoms with Crippen molar-refractivity contribution in [1.82, 2.24) is 15.5 Å². The molecular weight excluding hydrogens is 408 g/mol. The minimum atomic E-state index is -0.936. The summed E-state index contributed by atoms with van der Waals surface area (Å²) in [5, 5.41) is 5.27. The van der Waals surface area contributed by atoms with Crippen LogP contribution in [0.1, 0.15) is 67.2 Å². The van der Waals surface area contributed by atoms with E-state index in [0.717, 1.165) is 6.42 Å². The highest BCUT2D eigenvalue weighted by Gasteiger charge is 2.46. The van der Waals surface area contributed by atoms with Crippen molar-refractivity contribution < 1.29 is 19.2 Å². The molecule has 1 saturated heterocycles. The Labute approximate surface area is 192 Å². The third-order valence-corrected chi connectivity index (χ3v) is 6.16. The molecule has 3 amide bonds. The number of likely N-dealkylation sites (tertiary alicyclic amines) is 1. The fourth-order valence-electron chi connectivity index (χ4n) is 3.99. The SMILES string of the molecule is C=CCNC(=O)C(=O)C(CCCC)NC(=O)[C@@H]1[C@@H](C(C)C)CCN1C(=O)[C@@H](N)C(C)(C)C. The lowest BCUT2D eigenvalue weighted by atomic mass is 9.85. The quantitative estimate of drug-likeness (QED) is 0.327. The summed E-state index contributed by atoms with van der Waals surface area (Å²) in [7, 11) is 0. The summed E-state index contributed by atoms with van der Waals surface area (Å²) in [5.74, 6) is -1.99. The first-order chi connectivity index (χ1) is 14.9. The molecule has 8 nitrogen and oxygen atoms in total. The van der Waals surface area contributed by atoms with Crippen LogP contribution in [0.3, 0.4) is 0 Å². The number of carbonyl (C=O) groups is 4. The number of ketones is 1. The summed E-state index contributed by atoms with van der Waals surface area (Å²) in [6.45, 7) is 15.8. The minimum Gasteiger partial charge on any atom is -0.346 e. The van der Waals surface area contributed by atoms with Crippen molar-refractivity contribution in [3.8, 4) is 0 Å². The summed E-state index contributed by atoms with van der Waals surface area (Å²) in [6, 6.07) is -2.40. The smallest absolute Gasteiger partial charge is 0.289 e. The Morgan fingerprint density at radius 2 is 1.84 bits per heavy atom. The number of hydrogen-bond donors (Lipinski definition) is 3. The van der Waals surface area contributed by atoms with E-state index in [2.05, 4.69) is 17.2 Å². The van der Waals surface area contributed by atoms with Crippen LogP contribution in [0, 0.1) is 17.3 Å². The van der Waals surface area contributed by atoms with Gasteiger partial charge in [0.05, 0.1) is 12.1 Å².